The zero-order valence-corrected chi connectivity index (χ0v) is 17.3. The fourth-order valence-corrected chi connectivity index (χ4v) is 2.50. The maximum absolute atomic E-state index is 12.9. The molecule has 10 heteroatoms. The van der Waals surface area contributed by atoms with Crippen LogP contribution in [0.4, 0.5) is 4.39 Å². The molecule has 0 bridgehead atoms. The smallest absolute Gasteiger partial charge is 0.339 e. The van der Waals surface area contributed by atoms with Crippen molar-refractivity contribution in [2.45, 2.75) is 19.6 Å². The number of amides is 2. The first-order valence-electron chi connectivity index (χ1n) is 9.15. The van der Waals surface area contributed by atoms with Crippen LogP contribution >= 0.6 is 0 Å². The van der Waals surface area contributed by atoms with Crippen molar-refractivity contribution in [3.63, 3.8) is 0 Å². The van der Waals surface area contributed by atoms with Crippen molar-refractivity contribution in [1.82, 2.24) is 5.32 Å². The van der Waals surface area contributed by atoms with Crippen molar-refractivity contribution in [1.29, 1.82) is 0 Å². The number of carbonyl (C=O) groups is 3. The number of rotatable bonds is 10. The van der Waals surface area contributed by atoms with Gasteiger partial charge in [0.1, 0.15) is 5.82 Å². The van der Waals surface area contributed by atoms with Gasteiger partial charge in [-0.05, 0) is 36.8 Å². The van der Waals surface area contributed by atoms with Gasteiger partial charge in [-0.25, -0.2) is 9.18 Å². The summed E-state index contributed by atoms with van der Waals surface area (Å²) >= 11 is 0. The lowest BCUT2D eigenvalue weighted by atomic mass is 10.1. The SMILES string of the molecule is COc1cc(C(=O)OC(C)C(=O)NCc2ccc(F)cc2)cc(OC)c1OCC(N)=O. The lowest BCUT2D eigenvalue weighted by molar-refractivity contribution is -0.129. The van der Waals surface area contributed by atoms with Crippen LogP contribution in [-0.2, 0) is 20.9 Å². The van der Waals surface area contributed by atoms with Crippen LogP contribution in [0.3, 0.4) is 0 Å². The van der Waals surface area contributed by atoms with Gasteiger partial charge < -0.3 is 30.0 Å². The predicted molar refractivity (Wildman–Crippen MR) is 107 cm³/mol. The standard InChI is InChI=1S/C21H23FN2O7/c1-12(20(26)24-10-13-4-6-15(22)7-5-13)31-21(27)14-8-16(28-2)19(17(9-14)29-3)30-11-18(23)25/h4-9,12H,10-11H2,1-3H3,(H2,23,25)(H,24,26). The van der Waals surface area contributed by atoms with Crippen LogP contribution in [0.15, 0.2) is 36.4 Å². The van der Waals surface area contributed by atoms with E-state index in [-0.39, 0.29) is 35.2 Å². The molecule has 0 spiro atoms. The fraction of sp³-hybridized carbons (Fsp3) is 0.286. The normalized spacial score (nSPS) is 11.2. The molecule has 2 amide bonds. The zero-order valence-electron chi connectivity index (χ0n) is 17.3. The Bertz CT molecular complexity index is 922. The Morgan fingerprint density at radius 3 is 2.16 bits per heavy atom. The minimum absolute atomic E-state index is 0.0401. The first-order valence-corrected chi connectivity index (χ1v) is 9.15. The third-order valence-electron chi connectivity index (χ3n) is 4.09. The highest BCUT2D eigenvalue weighted by Gasteiger charge is 2.23. The number of hydrogen-bond acceptors (Lipinski definition) is 7. The topological polar surface area (TPSA) is 126 Å². The Morgan fingerprint density at radius 1 is 1.06 bits per heavy atom. The molecule has 1 atom stereocenters. The molecule has 0 aliphatic rings. The van der Waals surface area contributed by atoms with E-state index < -0.39 is 30.5 Å². The van der Waals surface area contributed by atoms with Gasteiger partial charge in [-0.2, -0.15) is 0 Å². The Labute approximate surface area is 178 Å². The second kappa shape index (κ2) is 10.8. The van der Waals surface area contributed by atoms with Gasteiger partial charge in [0.2, 0.25) is 5.75 Å². The highest BCUT2D eigenvalue weighted by molar-refractivity contribution is 5.93. The molecule has 0 fully saturated rings. The molecule has 166 valence electrons. The minimum atomic E-state index is -1.10. The quantitative estimate of drug-likeness (QED) is 0.544. The third-order valence-corrected chi connectivity index (χ3v) is 4.09. The van der Waals surface area contributed by atoms with Crippen LogP contribution in [0.2, 0.25) is 0 Å². The number of halogens is 1. The van der Waals surface area contributed by atoms with Gasteiger partial charge in [-0.3, -0.25) is 9.59 Å². The number of nitrogens with one attached hydrogen (secondary N) is 1. The third kappa shape index (κ3) is 6.59. The van der Waals surface area contributed by atoms with Gasteiger partial charge in [0.15, 0.2) is 24.2 Å². The largest absolute Gasteiger partial charge is 0.493 e. The summed E-state index contributed by atoms with van der Waals surface area (Å²) in [5, 5.41) is 2.60. The van der Waals surface area contributed by atoms with E-state index in [4.69, 9.17) is 24.7 Å². The van der Waals surface area contributed by atoms with E-state index in [9.17, 15) is 18.8 Å². The fourth-order valence-electron chi connectivity index (χ4n) is 2.50. The zero-order chi connectivity index (χ0) is 23.0. The van der Waals surface area contributed by atoms with Gasteiger partial charge in [0.25, 0.3) is 11.8 Å². The molecule has 9 nitrogen and oxygen atoms in total. The second-order valence-electron chi connectivity index (χ2n) is 6.36. The molecule has 0 aliphatic carbocycles. The van der Waals surface area contributed by atoms with Crippen molar-refractivity contribution < 1.29 is 37.7 Å². The molecule has 2 aromatic rings. The summed E-state index contributed by atoms with van der Waals surface area (Å²) in [6, 6.07) is 8.28. The van der Waals surface area contributed by atoms with Crippen LogP contribution in [0.25, 0.3) is 0 Å². The molecule has 31 heavy (non-hydrogen) atoms. The number of methoxy groups -OCH3 is 2. The Hall–Kier alpha value is -3.82. The summed E-state index contributed by atoms with van der Waals surface area (Å²) in [6.45, 7) is 1.15. The summed E-state index contributed by atoms with van der Waals surface area (Å²) < 4.78 is 33.8. The van der Waals surface area contributed by atoms with Crippen molar-refractivity contribution in [2.24, 2.45) is 5.73 Å². The first kappa shape index (κ1) is 23.5. The summed E-state index contributed by atoms with van der Waals surface area (Å²) in [5.74, 6) is -2.10. The number of primary amides is 1. The molecule has 0 heterocycles. The maximum atomic E-state index is 12.9. The molecule has 2 aromatic carbocycles. The average Bonchev–Trinajstić information content (AvgIpc) is 2.76. The number of hydrogen-bond donors (Lipinski definition) is 2. The molecule has 0 saturated heterocycles. The highest BCUT2D eigenvalue weighted by Crippen LogP contribution is 2.38. The van der Waals surface area contributed by atoms with Gasteiger partial charge in [-0.1, -0.05) is 12.1 Å². The molecule has 0 aromatic heterocycles. The molecule has 2 rings (SSSR count). The van der Waals surface area contributed by atoms with E-state index in [0.717, 1.165) is 0 Å². The van der Waals surface area contributed by atoms with E-state index in [0.29, 0.717) is 5.56 Å². The summed E-state index contributed by atoms with van der Waals surface area (Å²) in [5.41, 5.74) is 5.81. The maximum Gasteiger partial charge on any atom is 0.339 e. The lowest BCUT2D eigenvalue weighted by Crippen LogP contribution is -2.35. The number of esters is 1. The second-order valence-corrected chi connectivity index (χ2v) is 6.36. The van der Waals surface area contributed by atoms with Gasteiger partial charge >= 0.3 is 5.97 Å². The molecule has 0 saturated carbocycles. The summed E-state index contributed by atoms with van der Waals surface area (Å²) in [4.78, 5) is 35.7. The predicted octanol–water partition coefficient (Wildman–Crippen LogP) is 1.57. The van der Waals surface area contributed by atoms with Crippen molar-refractivity contribution in [2.75, 3.05) is 20.8 Å². The van der Waals surface area contributed by atoms with Gasteiger partial charge in [0, 0.05) is 6.54 Å². The first-order chi connectivity index (χ1) is 14.7. The number of ether oxygens (including phenoxy) is 4. The van der Waals surface area contributed by atoms with E-state index in [1.165, 1.54) is 57.5 Å². The van der Waals surface area contributed by atoms with Crippen LogP contribution in [0.5, 0.6) is 17.2 Å². The molecule has 1 unspecified atom stereocenters. The van der Waals surface area contributed by atoms with Crippen LogP contribution in [0, 0.1) is 5.82 Å². The van der Waals surface area contributed by atoms with E-state index in [1.807, 2.05) is 0 Å². The number of nitrogens with two attached hydrogens (primary N) is 1. The number of carbonyl (C=O) groups excluding carboxylic acids is 3. The van der Waals surface area contributed by atoms with Gasteiger partial charge in [0.05, 0.1) is 19.8 Å². The lowest BCUT2D eigenvalue weighted by Gasteiger charge is -2.17. The van der Waals surface area contributed by atoms with E-state index in [1.54, 1.807) is 0 Å². The molecule has 0 radical (unpaired) electrons. The Kier molecular flexibility index (Phi) is 8.18. The van der Waals surface area contributed by atoms with Crippen molar-refractivity contribution >= 4 is 17.8 Å². The molecular formula is C21H23FN2O7. The van der Waals surface area contributed by atoms with Crippen LogP contribution in [-0.4, -0.2) is 44.7 Å². The minimum Gasteiger partial charge on any atom is -0.493 e. The van der Waals surface area contributed by atoms with Crippen LogP contribution < -0.4 is 25.3 Å². The van der Waals surface area contributed by atoms with E-state index >= 15 is 0 Å². The Balaban J connectivity index is 2.06. The van der Waals surface area contributed by atoms with E-state index in [2.05, 4.69) is 5.32 Å². The highest BCUT2D eigenvalue weighted by atomic mass is 19.1. The monoisotopic (exact) mass is 434 g/mol. The van der Waals surface area contributed by atoms with Crippen molar-refractivity contribution in [3.8, 4) is 17.2 Å². The average molecular weight is 434 g/mol. The molecule has 3 N–H and O–H groups in total. The summed E-state index contributed by atoms with van der Waals surface area (Å²) in [7, 11) is 2.68. The Morgan fingerprint density at radius 2 is 1.65 bits per heavy atom. The van der Waals surface area contributed by atoms with Gasteiger partial charge in [-0.15, -0.1) is 0 Å². The molecule has 0 aliphatic heterocycles. The molecular weight excluding hydrogens is 411 g/mol. The van der Waals surface area contributed by atoms with Crippen molar-refractivity contribution in [3.05, 3.63) is 53.3 Å². The van der Waals surface area contributed by atoms with Crippen LogP contribution in [0.1, 0.15) is 22.8 Å². The summed E-state index contributed by atoms with van der Waals surface area (Å²) in [6.07, 6.45) is -1.10. The number of benzene rings is 2.